The third kappa shape index (κ3) is 1.85. The number of alkyl halides is 1. The molecular formula is C10H16BrN3. The number of halogens is 1. The maximum Gasteiger partial charge on any atom is 0.135 e. The van der Waals surface area contributed by atoms with E-state index in [0.717, 1.165) is 11.7 Å². The molecule has 2 rings (SSSR count). The van der Waals surface area contributed by atoms with E-state index >= 15 is 0 Å². The van der Waals surface area contributed by atoms with Gasteiger partial charge in [0.2, 0.25) is 0 Å². The van der Waals surface area contributed by atoms with Crippen molar-refractivity contribution in [3.8, 4) is 0 Å². The third-order valence-corrected chi connectivity index (χ3v) is 4.04. The summed E-state index contributed by atoms with van der Waals surface area (Å²) in [7, 11) is 2.03. The van der Waals surface area contributed by atoms with Crippen molar-refractivity contribution in [1.82, 2.24) is 14.8 Å². The molecule has 1 fully saturated rings. The quantitative estimate of drug-likeness (QED) is 0.724. The Morgan fingerprint density at radius 1 is 1.50 bits per heavy atom. The van der Waals surface area contributed by atoms with E-state index in [1.54, 1.807) is 6.33 Å². The minimum absolute atomic E-state index is 0.570. The van der Waals surface area contributed by atoms with Crippen LogP contribution in [0.5, 0.6) is 0 Å². The molecule has 0 amide bonds. The zero-order valence-corrected chi connectivity index (χ0v) is 10.2. The molecule has 3 unspecified atom stereocenters. The lowest BCUT2D eigenvalue weighted by molar-refractivity contribution is 0.323. The number of hydrogen-bond donors (Lipinski definition) is 0. The topological polar surface area (TPSA) is 30.7 Å². The third-order valence-electron chi connectivity index (χ3n) is 3.21. The Kier molecular flexibility index (Phi) is 2.91. The van der Waals surface area contributed by atoms with Crippen LogP contribution in [-0.4, -0.2) is 19.6 Å². The molecule has 1 aromatic rings. The lowest BCUT2D eigenvalue weighted by atomic mass is 9.80. The van der Waals surface area contributed by atoms with E-state index in [0.29, 0.717) is 10.7 Å². The molecule has 1 aliphatic carbocycles. The van der Waals surface area contributed by atoms with Crippen LogP contribution in [0, 0.1) is 5.92 Å². The summed E-state index contributed by atoms with van der Waals surface area (Å²) in [4.78, 5) is 0.653. The molecule has 14 heavy (non-hydrogen) atoms. The monoisotopic (exact) mass is 257 g/mol. The standard InChI is InChI=1S/C10H16BrN3/c1-7-3-4-8(11)5-9(7)10-13-12-6-14(10)2/h6-9H,3-5H2,1-2H3. The first kappa shape index (κ1) is 10.1. The summed E-state index contributed by atoms with van der Waals surface area (Å²) in [5.74, 6) is 2.44. The zero-order valence-electron chi connectivity index (χ0n) is 8.65. The normalized spacial score (nSPS) is 33.2. The maximum atomic E-state index is 4.22. The Hall–Kier alpha value is -0.380. The summed E-state index contributed by atoms with van der Waals surface area (Å²) in [6.07, 6.45) is 5.55. The fraction of sp³-hybridized carbons (Fsp3) is 0.800. The van der Waals surface area contributed by atoms with Crippen LogP contribution >= 0.6 is 15.9 Å². The SMILES string of the molecule is CC1CCC(Br)CC1c1nncn1C. The van der Waals surface area contributed by atoms with Crippen molar-refractivity contribution < 1.29 is 0 Å². The minimum Gasteiger partial charge on any atom is -0.320 e. The van der Waals surface area contributed by atoms with Crippen LogP contribution in [0.15, 0.2) is 6.33 Å². The van der Waals surface area contributed by atoms with Crippen molar-refractivity contribution >= 4 is 15.9 Å². The fourth-order valence-corrected chi connectivity index (χ4v) is 2.93. The fourth-order valence-electron chi connectivity index (χ4n) is 2.26. The number of hydrogen-bond acceptors (Lipinski definition) is 2. The second-order valence-corrected chi connectivity index (χ2v) is 5.59. The van der Waals surface area contributed by atoms with Crippen LogP contribution in [-0.2, 0) is 7.05 Å². The van der Waals surface area contributed by atoms with E-state index in [1.807, 2.05) is 11.6 Å². The Labute approximate surface area is 93.0 Å². The summed E-state index contributed by atoms with van der Waals surface area (Å²) in [5, 5.41) is 8.17. The molecule has 0 aromatic carbocycles. The van der Waals surface area contributed by atoms with Crippen LogP contribution < -0.4 is 0 Å². The predicted molar refractivity (Wildman–Crippen MR) is 59.5 cm³/mol. The van der Waals surface area contributed by atoms with Gasteiger partial charge in [0.15, 0.2) is 0 Å². The molecular weight excluding hydrogens is 242 g/mol. The van der Waals surface area contributed by atoms with E-state index < -0.39 is 0 Å². The number of aromatic nitrogens is 3. The van der Waals surface area contributed by atoms with Crippen LogP contribution in [0.25, 0.3) is 0 Å². The molecule has 0 bridgehead atoms. The van der Waals surface area contributed by atoms with Gasteiger partial charge in [-0.05, 0) is 25.2 Å². The molecule has 3 atom stereocenters. The average molecular weight is 258 g/mol. The molecule has 1 saturated carbocycles. The van der Waals surface area contributed by atoms with Gasteiger partial charge in [-0.3, -0.25) is 0 Å². The second-order valence-electron chi connectivity index (χ2n) is 4.29. The van der Waals surface area contributed by atoms with Crippen molar-refractivity contribution in [3.63, 3.8) is 0 Å². The second kappa shape index (κ2) is 4.01. The first-order valence-electron chi connectivity index (χ1n) is 5.16. The Morgan fingerprint density at radius 2 is 2.29 bits per heavy atom. The summed E-state index contributed by atoms with van der Waals surface area (Å²) < 4.78 is 2.05. The average Bonchev–Trinajstić information content (AvgIpc) is 2.56. The minimum atomic E-state index is 0.570. The van der Waals surface area contributed by atoms with E-state index in [2.05, 4.69) is 33.1 Å². The molecule has 0 saturated heterocycles. The van der Waals surface area contributed by atoms with Gasteiger partial charge in [-0.1, -0.05) is 22.9 Å². The van der Waals surface area contributed by atoms with Gasteiger partial charge in [0.05, 0.1) is 0 Å². The Morgan fingerprint density at radius 3 is 2.93 bits per heavy atom. The lowest BCUT2D eigenvalue weighted by Gasteiger charge is -2.30. The Balaban J connectivity index is 2.20. The molecule has 1 heterocycles. The van der Waals surface area contributed by atoms with Crippen molar-refractivity contribution in [2.24, 2.45) is 13.0 Å². The van der Waals surface area contributed by atoms with Gasteiger partial charge < -0.3 is 4.57 Å². The van der Waals surface area contributed by atoms with E-state index in [9.17, 15) is 0 Å². The molecule has 0 spiro atoms. The Bertz CT molecular complexity index is 310. The highest BCUT2D eigenvalue weighted by atomic mass is 79.9. The molecule has 4 heteroatoms. The van der Waals surface area contributed by atoms with Crippen LogP contribution in [0.1, 0.15) is 37.9 Å². The molecule has 78 valence electrons. The smallest absolute Gasteiger partial charge is 0.135 e. The van der Waals surface area contributed by atoms with Crippen molar-refractivity contribution in [2.75, 3.05) is 0 Å². The summed E-state index contributed by atoms with van der Waals surface area (Å²) in [6, 6.07) is 0. The molecule has 3 nitrogen and oxygen atoms in total. The summed E-state index contributed by atoms with van der Waals surface area (Å²) in [6.45, 7) is 2.32. The molecule has 1 aromatic heterocycles. The number of rotatable bonds is 1. The summed E-state index contributed by atoms with van der Waals surface area (Å²) in [5.41, 5.74) is 0. The van der Waals surface area contributed by atoms with Crippen molar-refractivity contribution in [3.05, 3.63) is 12.2 Å². The molecule has 0 aliphatic heterocycles. The van der Waals surface area contributed by atoms with Crippen LogP contribution in [0.4, 0.5) is 0 Å². The van der Waals surface area contributed by atoms with E-state index in [1.165, 1.54) is 19.3 Å². The lowest BCUT2D eigenvalue weighted by Crippen LogP contribution is -2.23. The van der Waals surface area contributed by atoms with Gasteiger partial charge in [-0.2, -0.15) is 0 Å². The van der Waals surface area contributed by atoms with Gasteiger partial charge in [0, 0.05) is 17.8 Å². The highest BCUT2D eigenvalue weighted by molar-refractivity contribution is 9.09. The summed E-state index contributed by atoms with van der Waals surface area (Å²) >= 11 is 3.71. The first-order chi connectivity index (χ1) is 6.68. The highest BCUT2D eigenvalue weighted by Crippen LogP contribution is 2.38. The number of nitrogens with zero attached hydrogens (tertiary/aromatic N) is 3. The van der Waals surface area contributed by atoms with Crippen molar-refractivity contribution in [1.29, 1.82) is 0 Å². The molecule has 1 aliphatic rings. The zero-order chi connectivity index (χ0) is 10.1. The molecule has 0 radical (unpaired) electrons. The van der Waals surface area contributed by atoms with E-state index in [4.69, 9.17) is 0 Å². The van der Waals surface area contributed by atoms with Gasteiger partial charge in [0.1, 0.15) is 12.2 Å². The van der Waals surface area contributed by atoms with E-state index in [-0.39, 0.29) is 0 Å². The van der Waals surface area contributed by atoms with Gasteiger partial charge in [-0.25, -0.2) is 0 Å². The number of aryl methyl sites for hydroxylation is 1. The largest absolute Gasteiger partial charge is 0.320 e. The highest BCUT2D eigenvalue weighted by Gasteiger charge is 2.30. The van der Waals surface area contributed by atoms with Gasteiger partial charge in [-0.15, -0.1) is 10.2 Å². The maximum absolute atomic E-state index is 4.22. The van der Waals surface area contributed by atoms with Crippen LogP contribution in [0.3, 0.4) is 0 Å². The first-order valence-corrected chi connectivity index (χ1v) is 6.08. The molecule has 0 N–H and O–H groups in total. The van der Waals surface area contributed by atoms with Gasteiger partial charge in [0.25, 0.3) is 0 Å². The van der Waals surface area contributed by atoms with Crippen molar-refractivity contribution in [2.45, 2.75) is 36.9 Å². The van der Waals surface area contributed by atoms with Gasteiger partial charge >= 0.3 is 0 Å². The predicted octanol–water partition coefficient (Wildman–Crippen LogP) is 2.48. The van der Waals surface area contributed by atoms with Crippen LogP contribution in [0.2, 0.25) is 0 Å².